The van der Waals surface area contributed by atoms with Gasteiger partial charge in [0.1, 0.15) is 12.1 Å². The molecule has 1 aliphatic heterocycles. The second-order valence-electron chi connectivity index (χ2n) is 5.50. The van der Waals surface area contributed by atoms with Gasteiger partial charge in [-0.2, -0.15) is 0 Å². The summed E-state index contributed by atoms with van der Waals surface area (Å²) in [6.45, 7) is 5.91. The molecule has 1 aromatic carbocycles. The number of nitrogens with zero attached hydrogens (tertiary/aromatic N) is 1. The summed E-state index contributed by atoms with van der Waals surface area (Å²) in [4.78, 5) is 26.4. The predicted molar refractivity (Wildman–Crippen MR) is 78.0 cm³/mol. The number of amides is 2. The predicted octanol–water partition coefficient (Wildman–Crippen LogP) is 2.26. The Bertz CT molecular complexity index is 500. The molecule has 2 atom stereocenters. The zero-order chi connectivity index (χ0) is 14.8. The van der Waals surface area contributed by atoms with Crippen LogP contribution in [0.1, 0.15) is 45.2 Å². The van der Waals surface area contributed by atoms with E-state index in [9.17, 15) is 9.59 Å². The second-order valence-corrected chi connectivity index (χ2v) is 5.50. The van der Waals surface area contributed by atoms with Crippen LogP contribution in [0.15, 0.2) is 30.3 Å². The van der Waals surface area contributed by atoms with E-state index in [1.54, 1.807) is 11.8 Å². The van der Waals surface area contributed by atoms with E-state index < -0.39 is 5.54 Å². The van der Waals surface area contributed by atoms with Gasteiger partial charge in [-0.1, -0.05) is 44.2 Å². The zero-order valence-corrected chi connectivity index (χ0v) is 12.3. The quantitative estimate of drug-likeness (QED) is 0.915. The molecule has 1 saturated heterocycles. The fourth-order valence-corrected chi connectivity index (χ4v) is 2.75. The molecule has 20 heavy (non-hydrogen) atoms. The zero-order valence-electron chi connectivity index (χ0n) is 12.3. The molecule has 0 spiro atoms. The monoisotopic (exact) mass is 274 g/mol. The first kappa shape index (κ1) is 14.6. The van der Waals surface area contributed by atoms with Gasteiger partial charge in [0.25, 0.3) is 0 Å². The standard InChI is InChI=1S/C16H22N2O2/c1-4-13(12-9-7-6-8-10-12)18-11-14(19)17-16(3,5-2)15(18)20/h6-10,13H,4-5,11H2,1-3H3,(H,17,19). The molecule has 1 N–H and O–H groups in total. The van der Waals surface area contributed by atoms with Gasteiger partial charge in [-0.25, -0.2) is 0 Å². The molecule has 0 bridgehead atoms. The number of rotatable bonds is 4. The summed E-state index contributed by atoms with van der Waals surface area (Å²) in [7, 11) is 0. The van der Waals surface area contributed by atoms with Crippen LogP contribution in [0, 0.1) is 0 Å². The van der Waals surface area contributed by atoms with Crippen molar-refractivity contribution in [3.8, 4) is 0 Å². The maximum atomic E-state index is 12.7. The summed E-state index contributed by atoms with van der Waals surface area (Å²) in [5, 5.41) is 2.82. The number of hydrogen-bond acceptors (Lipinski definition) is 2. The number of piperazine rings is 1. The van der Waals surface area contributed by atoms with Gasteiger partial charge < -0.3 is 10.2 Å². The Morgan fingerprint density at radius 2 is 1.90 bits per heavy atom. The van der Waals surface area contributed by atoms with Crippen molar-refractivity contribution in [2.45, 2.75) is 45.2 Å². The maximum absolute atomic E-state index is 12.7. The average molecular weight is 274 g/mol. The van der Waals surface area contributed by atoms with E-state index in [0.717, 1.165) is 12.0 Å². The largest absolute Gasteiger partial charge is 0.340 e. The fraction of sp³-hybridized carbons (Fsp3) is 0.500. The van der Waals surface area contributed by atoms with Crippen LogP contribution in [-0.2, 0) is 9.59 Å². The minimum Gasteiger partial charge on any atom is -0.340 e. The smallest absolute Gasteiger partial charge is 0.249 e. The van der Waals surface area contributed by atoms with Crippen LogP contribution in [0.4, 0.5) is 0 Å². The van der Waals surface area contributed by atoms with E-state index in [0.29, 0.717) is 6.42 Å². The summed E-state index contributed by atoms with van der Waals surface area (Å²) in [6.07, 6.45) is 1.39. The van der Waals surface area contributed by atoms with Crippen LogP contribution in [0.2, 0.25) is 0 Å². The van der Waals surface area contributed by atoms with E-state index in [1.165, 1.54) is 0 Å². The molecule has 4 nitrogen and oxygen atoms in total. The van der Waals surface area contributed by atoms with E-state index in [1.807, 2.05) is 44.2 Å². The molecule has 2 rings (SSSR count). The number of benzene rings is 1. The molecule has 0 aromatic heterocycles. The summed E-state index contributed by atoms with van der Waals surface area (Å²) >= 11 is 0. The first-order valence-corrected chi connectivity index (χ1v) is 7.19. The lowest BCUT2D eigenvalue weighted by atomic mass is 9.91. The van der Waals surface area contributed by atoms with Crippen molar-refractivity contribution in [3.63, 3.8) is 0 Å². The van der Waals surface area contributed by atoms with Crippen LogP contribution in [0.3, 0.4) is 0 Å². The van der Waals surface area contributed by atoms with Gasteiger partial charge in [0.15, 0.2) is 0 Å². The van der Waals surface area contributed by atoms with Gasteiger partial charge in [0.2, 0.25) is 11.8 Å². The van der Waals surface area contributed by atoms with Crippen molar-refractivity contribution in [3.05, 3.63) is 35.9 Å². The average Bonchev–Trinajstić information content (AvgIpc) is 2.46. The molecule has 2 amide bonds. The highest BCUT2D eigenvalue weighted by molar-refractivity contribution is 5.97. The van der Waals surface area contributed by atoms with Crippen molar-refractivity contribution in [2.24, 2.45) is 0 Å². The lowest BCUT2D eigenvalue weighted by Gasteiger charge is -2.43. The van der Waals surface area contributed by atoms with Crippen LogP contribution in [0.5, 0.6) is 0 Å². The molecule has 2 unspecified atom stereocenters. The highest BCUT2D eigenvalue weighted by Gasteiger charge is 2.43. The topological polar surface area (TPSA) is 49.4 Å². The normalized spacial score (nSPS) is 24.4. The molecule has 108 valence electrons. The third kappa shape index (κ3) is 2.55. The Hall–Kier alpha value is -1.84. The Kier molecular flexibility index (Phi) is 4.12. The maximum Gasteiger partial charge on any atom is 0.249 e. The minimum atomic E-state index is -0.780. The molecule has 0 radical (unpaired) electrons. The number of carbonyl (C=O) groups excluding carboxylic acids is 2. The van der Waals surface area contributed by atoms with Crippen molar-refractivity contribution in [1.29, 1.82) is 0 Å². The first-order valence-electron chi connectivity index (χ1n) is 7.19. The highest BCUT2D eigenvalue weighted by atomic mass is 16.2. The Balaban J connectivity index is 2.34. The summed E-state index contributed by atoms with van der Waals surface area (Å²) in [6, 6.07) is 9.86. The molecule has 1 fully saturated rings. The van der Waals surface area contributed by atoms with E-state index in [4.69, 9.17) is 0 Å². The number of nitrogens with one attached hydrogen (secondary N) is 1. The van der Waals surface area contributed by atoms with Crippen molar-refractivity contribution >= 4 is 11.8 Å². The lowest BCUT2D eigenvalue weighted by Crippen LogP contribution is -2.65. The van der Waals surface area contributed by atoms with Crippen LogP contribution in [0.25, 0.3) is 0 Å². The number of carbonyl (C=O) groups is 2. The van der Waals surface area contributed by atoms with Gasteiger partial charge in [-0.3, -0.25) is 9.59 Å². The first-order chi connectivity index (χ1) is 9.51. The van der Waals surface area contributed by atoms with Gasteiger partial charge >= 0.3 is 0 Å². The second kappa shape index (κ2) is 5.65. The molecule has 1 aromatic rings. The highest BCUT2D eigenvalue weighted by Crippen LogP contribution is 2.29. The van der Waals surface area contributed by atoms with Crippen LogP contribution >= 0.6 is 0 Å². The molecule has 4 heteroatoms. The third-order valence-electron chi connectivity index (χ3n) is 4.12. The summed E-state index contributed by atoms with van der Waals surface area (Å²) in [5.74, 6) is -0.0707. The van der Waals surface area contributed by atoms with E-state index in [2.05, 4.69) is 5.32 Å². The van der Waals surface area contributed by atoms with Crippen molar-refractivity contribution in [1.82, 2.24) is 10.2 Å². The Morgan fingerprint density at radius 1 is 1.25 bits per heavy atom. The van der Waals surface area contributed by atoms with Crippen LogP contribution < -0.4 is 5.32 Å². The van der Waals surface area contributed by atoms with E-state index in [-0.39, 0.29) is 24.4 Å². The SMILES string of the molecule is CCC(c1ccccc1)N1CC(=O)NC(C)(CC)C1=O. The van der Waals surface area contributed by atoms with Gasteiger partial charge in [-0.15, -0.1) is 0 Å². The third-order valence-corrected chi connectivity index (χ3v) is 4.12. The Labute approximate surface area is 120 Å². The Morgan fingerprint density at radius 3 is 2.45 bits per heavy atom. The van der Waals surface area contributed by atoms with Crippen molar-refractivity contribution < 1.29 is 9.59 Å². The molecule has 0 aliphatic carbocycles. The molecular formula is C16H22N2O2. The minimum absolute atomic E-state index is 0.00954. The van der Waals surface area contributed by atoms with Gasteiger partial charge in [0.05, 0.1) is 6.04 Å². The molecule has 0 saturated carbocycles. The molecule has 1 aliphatic rings. The van der Waals surface area contributed by atoms with Crippen molar-refractivity contribution in [2.75, 3.05) is 6.54 Å². The number of hydrogen-bond donors (Lipinski definition) is 1. The van der Waals surface area contributed by atoms with Gasteiger partial charge in [0, 0.05) is 0 Å². The lowest BCUT2D eigenvalue weighted by molar-refractivity contribution is -0.152. The van der Waals surface area contributed by atoms with Gasteiger partial charge in [-0.05, 0) is 25.3 Å². The molecular weight excluding hydrogens is 252 g/mol. The summed E-state index contributed by atoms with van der Waals surface area (Å²) in [5.41, 5.74) is 0.300. The summed E-state index contributed by atoms with van der Waals surface area (Å²) < 4.78 is 0. The fourth-order valence-electron chi connectivity index (χ4n) is 2.75. The molecule has 1 heterocycles. The van der Waals surface area contributed by atoms with E-state index >= 15 is 0 Å². The van der Waals surface area contributed by atoms with Crippen LogP contribution in [-0.4, -0.2) is 28.8 Å².